The summed E-state index contributed by atoms with van der Waals surface area (Å²) in [6.45, 7) is 12.9. The Balaban J connectivity index is 1.61. The van der Waals surface area contributed by atoms with E-state index < -0.39 is 0 Å². The highest BCUT2D eigenvalue weighted by molar-refractivity contribution is 5.88. The summed E-state index contributed by atoms with van der Waals surface area (Å²) < 4.78 is 14.7. The van der Waals surface area contributed by atoms with E-state index in [1.165, 1.54) is 35.0 Å². The molecule has 0 saturated heterocycles. The number of carbonyl (C=O) groups is 1. The van der Waals surface area contributed by atoms with Gasteiger partial charge in [0, 0.05) is 34.7 Å². The molecule has 1 fully saturated rings. The van der Waals surface area contributed by atoms with Gasteiger partial charge in [-0.3, -0.25) is 0 Å². The highest BCUT2D eigenvalue weighted by atomic mass is 16.6. The van der Waals surface area contributed by atoms with Crippen molar-refractivity contribution in [2.75, 3.05) is 0 Å². The number of fused-ring (bicyclic) bond motifs is 1. The first kappa shape index (κ1) is 24.1. The molecule has 4 nitrogen and oxygen atoms in total. The van der Waals surface area contributed by atoms with Crippen molar-refractivity contribution in [3.63, 3.8) is 0 Å². The molecule has 1 aromatic heterocycles. The van der Waals surface area contributed by atoms with Gasteiger partial charge in [-0.15, -0.1) is 0 Å². The van der Waals surface area contributed by atoms with Crippen molar-refractivity contribution >= 4 is 16.9 Å². The van der Waals surface area contributed by atoms with E-state index in [9.17, 15) is 4.79 Å². The van der Waals surface area contributed by atoms with Crippen molar-refractivity contribution in [3.8, 4) is 17.0 Å². The van der Waals surface area contributed by atoms with Crippen LogP contribution in [0.15, 0.2) is 66.7 Å². The highest BCUT2D eigenvalue weighted by Crippen LogP contribution is 2.43. The summed E-state index contributed by atoms with van der Waals surface area (Å²) in [7, 11) is 0. The topological polar surface area (TPSA) is 40.5 Å². The minimum Gasteiger partial charge on any atom is -0.490 e. The van der Waals surface area contributed by atoms with E-state index in [0.29, 0.717) is 5.57 Å². The molecule has 2 unspecified atom stereocenters. The first-order valence-corrected chi connectivity index (χ1v) is 12.5. The summed E-state index contributed by atoms with van der Waals surface area (Å²) >= 11 is 0. The SMILES string of the molecule is C=C(C)C(=O)OC1CCC(Oc2ccc3cc(-c4ccccc4)n(CCCCC)c3c2)C1(C)C. The maximum absolute atomic E-state index is 12.1. The molecule has 1 heterocycles. The average Bonchev–Trinajstić information content (AvgIpc) is 3.31. The van der Waals surface area contributed by atoms with Gasteiger partial charge in [0.25, 0.3) is 0 Å². The average molecular weight is 460 g/mol. The summed E-state index contributed by atoms with van der Waals surface area (Å²) in [5.41, 5.74) is 3.84. The van der Waals surface area contributed by atoms with Crippen LogP contribution in [0.3, 0.4) is 0 Å². The predicted molar refractivity (Wildman–Crippen MR) is 139 cm³/mol. The molecule has 4 rings (SSSR count). The van der Waals surface area contributed by atoms with Crippen molar-refractivity contribution in [1.82, 2.24) is 4.57 Å². The van der Waals surface area contributed by atoms with Crippen molar-refractivity contribution in [3.05, 3.63) is 66.7 Å². The Kier molecular flexibility index (Phi) is 7.16. The van der Waals surface area contributed by atoms with Crippen LogP contribution in [0.4, 0.5) is 0 Å². The molecular formula is C30H37NO3. The molecule has 180 valence electrons. The standard InChI is InChI=1S/C30H37NO3/c1-6-7-11-18-31-25(22-12-9-8-10-13-22)19-23-14-15-24(20-26(23)31)33-27-16-17-28(30(27,4)5)34-29(32)21(2)3/h8-10,12-15,19-20,27-28H,2,6-7,11,16-18H2,1,3-5H3. The predicted octanol–water partition coefficient (Wildman–Crippen LogP) is 7.55. The summed E-state index contributed by atoms with van der Waals surface area (Å²) in [5, 5.41) is 1.22. The number of aryl methyl sites for hydroxylation is 1. The van der Waals surface area contributed by atoms with E-state index in [2.05, 4.69) is 86.5 Å². The Morgan fingerprint density at radius 3 is 2.50 bits per heavy atom. The molecule has 0 N–H and O–H groups in total. The van der Waals surface area contributed by atoms with E-state index >= 15 is 0 Å². The number of hydrogen-bond donors (Lipinski definition) is 0. The molecule has 1 aliphatic rings. The zero-order valence-corrected chi connectivity index (χ0v) is 21.0. The van der Waals surface area contributed by atoms with Crippen LogP contribution in [0, 0.1) is 5.41 Å². The molecule has 0 bridgehead atoms. The number of rotatable bonds is 9. The van der Waals surface area contributed by atoms with Crippen molar-refractivity contribution < 1.29 is 14.3 Å². The van der Waals surface area contributed by atoms with Gasteiger partial charge >= 0.3 is 5.97 Å². The Labute approximate surface area is 203 Å². The summed E-state index contributed by atoms with van der Waals surface area (Å²) in [4.78, 5) is 12.1. The second kappa shape index (κ2) is 10.1. The minimum atomic E-state index is -0.321. The third-order valence-electron chi connectivity index (χ3n) is 7.16. The van der Waals surface area contributed by atoms with Gasteiger partial charge in [0.05, 0.1) is 5.52 Å². The Morgan fingerprint density at radius 2 is 1.79 bits per heavy atom. The van der Waals surface area contributed by atoms with Gasteiger partial charge in [-0.05, 0) is 49.9 Å². The molecule has 0 amide bonds. The van der Waals surface area contributed by atoms with Gasteiger partial charge in [-0.25, -0.2) is 4.79 Å². The van der Waals surface area contributed by atoms with E-state index in [1.807, 2.05) is 0 Å². The zero-order chi connectivity index (χ0) is 24.3. The molecule has 1 aliphatic carbocycles. The Bertz CT molecular complexity index is 1160. The lowest BCUT2D eigenvalue weighted by Crippen LogP contribution is -2.38. The van der Waals surface area contributed by atoms with Gasteiger partial charge < -0.3 is 14.0 Å². The second-order valence-corrected chi connectivity index (χ2v) is 10.2. The Morgan fingerprint density at radius 1 is 1.06 bits per heavy atom. The third-order valence-corrected chi connectivity index (χ3v) is 7.16. The monoisotopic (exact) mass is 459 g/mol. The van der Waals surface area contributed by atoms with E-state index in [-0.39, 0.29) is 23.6 Å². The van der Waals surface area contributed by atoms with Crippen molar-refractivity contribution in [1.29, 1.82) is 0 Å². The first-order valence-electron chi connectivity index (χ1n) is 12.5. The normalized spacial score (nSPS) is 19.3. The molecule has 1 saturated carbocycles. The fraction of sp³-hybridized carbons (Fsp3) is 0.433. The van der Waals surface area contributed by atoms with Crippen molar-refractivity contribution in [2.45, 2.75) is 78.6 Å². The number of hydrogen-bond acceptors (Lipinski definition) is 3. The van der Waals surface area contributed by atoms with E-state index in [1.54, 1.807) is 6.92 Å². The molecule has 2 aromatic carbocycles. The molecule has 2 atom stereocenters. The lowest BCUT2D eigenvalue weighted by Gasteiger charge is -2.32. The summed E-state index contributed by atoms with van der Waals surface area (Å²) in [5.74, 6) is 0.547. The van der Waals surface area contributed by atoms with Crippen molar-refractivity contribution in [2.24, 2.45) is 5.41 Å². The number of nitrogens with zero attached hydrogens (tertiary/aromatic N) is 1. The van der Waals surface area contributed by atoms with E-state index in [0.717, 1.165) is 31.6 Å². The quantitative estimate of drug-likeness (QED) is 0.188. The molecule has 0 radical (unpaired) electrons. The lowest BCUT2D eigenvalue weighted by molar-refractivity contribution is -0.150. The number of aromatic nitrogens is 1. The minimum absolute atomic E-state index is 0.0232. The fourth-order valence-electron chi connectivity index (χ4n) is 4.99. The smallest absolute Gasteiger partial charge is 0.333 e. The number of benzene rings is 2. The van der Waals surface area contributed by atoms with Crippen LogP contribution in [0.2, 0.25) is 0 Å². The van der Waals surface area contributed by atoms with Crippen LogP contribution >= 0.6 is 0 Å². The maximum Gasteiger partial charge on any atom is 0.333 e. The van der Waals surface area contributed by atoms with Gasteiger partial charge in [0.1, 0.15) is 18.0 Å². The van der Waals surface area contributed by atoms with E-state index in [4.69, 9.17) is 9.47 Å². The Hall–Kier alpha value is -3.01. The molecule has 4 heteroatoms. The maximum atomic E-state index is 12.1. The lowest BCUT2D eigenvalue weighted by atomic mass is 9.86. The largest absolute Gasteiger partial charge is 0.490 e. The van der Waals surface area contributed by atoms with Crippen LogP contribution in [0.1, 0.15) is 59.8 Å². The molecule has 0 aliphatic heterocycles. The second-order valence-electron chi connectivity index (χ2n) is 10.2. The number of ether oxygens (including phenoxy) is 2. The molecule has 0 spiro atoms. The fourth-order valence-corrected chi connectivity index (χ4v) is 4.99. The van der Waals surface area contributed by atoms with Crippen LogP contribution in [0.5, 0.6) is 5.75 Å². The van der Waals surface area contributed by atoms with Gasteiger partial charge in [-0.1, -0.05) is 70.5 Å². The van der Waals surface area contributed by atoms with Crippen LogP contribution < -0.4 is 4.74 Å². The van der Waals surface area contributed by atoms with Gasteiger partial charge in [-0.2, -0.15) is 0 Å². The van der Waals surface area contributed by atoms with Gasteiger partial charge in [0.2, 0.25) is 0 Å². The molecule has 3 aromatic rings. The first-order chi connectivity index (χ1) is 16.3. The third kappa shape index (κ3) is 4.91. The van der Waals surface area contributed by atoms with Crippen LogP contribution in [-0.2, 0) is 16.1 Å². The summed E-state index contributed by atoms with van der Waals surface area (Å²) in [6, 6.07) is 19.3. The highest BCUT2D eigenvalue weighted by Gasteiger charge is 2.47. The molecule has 34 heavy (non-hydrogen) atoms. The number of esters is 1. The number of unbranched alkanes of at least 4 members (excludes halogenated alkanes) is 2. The van der Waals surface area contributed by atoms with Crippen LogP contribution in [0.25, 0.3) is 22.2 Å². The number of carbonyl (C=O) groups excluding carboxylic acids is 1. The summed E-state index contributed by atoms with van der Waals surface area (Å²) in [6.07, 6.45) is 5.01. The van der Waals surface area contributed by atoms with Gasteiger partial charge in [0.15, 0.2) is 0 Å². The zero-order valence-electron chi connectivity index (χ0n) is 21.0. The molecular weight excluding hydrogens is 422 g/mol. The van der Waals surface area contributed by atoms with Crippen LogP contribution in [-0.4, -0.2) is 22.7 Å².